The number of ether oxygens (including phenoxy) is 1. The molecule has 1 saturated heterocycles. The molecule has 0 aliphatic carbocycles. The summed E-state index contributed by atoms with van der Waals surface area (Å²) < 4.78 is 5.38. The molecule has 138 valence electrons. The van der Waals surface area contributed by atoms with Gasteiger partial charge in [0.1, 0.15) is 5.60 Å². The van der Waals surface area contributed by atoms with Crippen molar-refractivity contribution in [3.63, 3.8) is 0 Å². The SMILES string of the molecule is CC(C)(C)OC(=O)N1CCC(NCC(c2ccccc2)[N+](=O)[O-])CC1. The van der Waals surface area contributed by atoms with Crippen molar-refractivity contribution in [3.05, 3.63) is 46.0 Å². The van der Waals surface area contributed by atoms with Crippen LogP contribution in [0, 0.1) is 10.1 Å². The fraction of sp³-hybridized carbons (Fsp3) is 0.611. The van der Waals surface area contributed by atoms with Gasteiger partial charge in [-0.1, -0.05) is 30.3 Å². The molecule has 25 heavy (non-hydrogen) atoms. The van der Waals surface area contributed by atoms with E-state index in [-0.39, 0.29) is 23.6 Å². The van der Waals surface area contributed by atoms with Gasteiger partial charge in [-0.05, 0) is 33.6 Å². The second-order valence-corrected chi connectivity index (χ2v) is 7.36. The smallest absolute Gasteiger partial charge is 0.410 e. The van der Waals surface area contributed by atoms with Crippen molar-refractivity contribution >= 4 is 6.09 Å². The molecule has 1 aromatic rings. The Hall–Kier alpha value is -2.15. The number of amides is 1. The number of nitrogens with zero attached hydrogens (tertiary/aromatic N) is 2. The number of hydrogen-bond donors (Lipinski definition) is 1. The third-order valence-corrected chi connectivity index (χ3v) is 4.19. The van der Waals surface area contributed by atoms with Gasteiger partial charge in [0, 0.05) is 29.6 Å². The second kappa shape index (κ2) is 8.29. The number of nitrogens with one attached hydrogen (secondary N) is 1. The van der Waals surface area contributed by atoms with Crippen molar-refractivity contribution < 1.29 is 14.5 Å². The molecule has 1 unspecified atom stereocenters. The molecule has 2 rings (SSSR count). The van der Waals surface area contributed by atoms with Crippen LogP contribution in [-0.4, -0.2) is 47.2 Å². The first kappa shape index (κ1) is 19.2. The Bertz CT molecular complexity index is 578. The first-order chi connectivity index (χ1) is 11.8. The average molecular weight is 349 g/mol. The van der Waals surface area contributed by atoms with Crippen molar-refractivity contribution in [2.45, 2.75) is 51.3 Å². The average Bonchev–Trinajstić information content (AvgIpc) is 2.54. The summed E-state index contributed by atoms with van der Waals surface area (Å²) in [5, 5.41) is 14.6. The molecule has 1 N–H and O–H groups in total. The van der Waals surface area contributed by atoms with E-state index < -0.39 is 11.6 Å². The van der Waals surface area contributed by atoms with Crippen LogP contribution in [0.25, 0.3) is 0 Å². The van der Waals surface area contributed by atoms with E-state index in [1.807, 2.05) is 39.0 Å². The van der Waals surface area contributed by atoms with E-state index in [0.717, 1.165) is 12.8 Å². The Morgan fingerprint density at radius 2 is 1.92 bits per heavy atom. The van der Waals surface area contributed by atoms with E-state index in [0.29, 0.717) is 18.7 Å². The minimum absolute atomic E-state index is 0.171. The summed E-state index contributed by atoms with van der Waals surface area (Å²) in [5.41, 5.74) is 0.201. The summed E-state index contributed by atoms with van der Waals surface area (Å²) >= 11 is 0. The third-order valence-electron chi connectivity index (χ3n) is 4.19. The Labute approximate surface area is 148 Å². The predicted octanol–water partition coefficient (Wildman–Crippen LogP) is 2.99. The number of carbonyl (C=O) groups is 1. The maximum atomic E-state index is 12.1. The number of nitro groups is 1. The fourth-order valence-electron chi connectivity index (χ4n) is 2.86. The molecule has 1 aliphatic heterocycles. The molecule has 1 fully saturated rings. The number of likely N-dealkylation sites (tertiary alicyclic amines) is 1. The van der Waals surface area contributed by atoms with Crippen LogP contribution in [0.4, 0.5) is 4.79 Å². The molecule has 1 atom stereocenters. The monoisotopic (exact) mass is 349 g/mol. The molecule has 0 bridgehead atoms. The highest BCUT2D eigenvalue weighted by Crippen LogP contribution is 2.18. The van der Waals surface area contributed by atoms with Crippen LogP contribution in [0.3, 0.4) is 0 Å². The summed E-state index contributed by atoms with van der Waals surface area (Å²) in [6.45, 7) is 7.03. The van der Waals surface area contributed by atoms with Crippen LogP contribution in [0.1, 0.15) is 45.2 Å². The highest BCUT2D eigenvalue weighted by molar-refractivity contribution is 5.68. The fourth-order valence-corrected chi connectivity index (χ4v) is 2.86. The Morgan fingerprint density at radius 1 is 1.32 bits per heavy atom. The van der Waals surface area contributed by atoms with Gasteiger partial charge in [0.2, 0.25) is 6.04 Å². The van der Waals surface area contributed by atoms with Gasteiger partial charge in [0.15, 0.2) is 0 Å². The van der Waals surface area contributed by atoms with Crippen LogP contribution in [-0.2, 0) is 4.74 Å². The van der Waals surface area contributed by atoms with Gasteiger partial charge in [-0.15, -0.1) is 0 Å². The van der Waals surface area contributed by atoms with Crippen molar-refractivity contribution in [3.8, 4) is 0 Å². The molecular weight excluding hydrogens is 322 g/mol. The zero-order valence-electron chi connectivity index (χ0n) is 15.1. The minimum atomic E-state index is -0.759. The first-order valence-corrected chi connectivity index (χ1v) is 8.66. The summed E-state index contributed by atoms with van der Waals surface area (Å²) in [6.07, 6.45) is 1.23. The number of rotatable bonds is 5. The van der Waals surface area contributed by atoms with E-state index in [9.17, 15) is 14.9 Å². The summed E-state index contributed by atoms with van der Waals surface area (Å²) in [7, 11) is 0. The van der Waals surface area contributed by atoms with Gasteiger partial charge in [0.05, 0.1) is 6.54 Å². The second-order valence-electron chi connectivity index (χ2n) is 7.36. The largest absolute Gasteiger partial charge is 0.444 e. The molecule has 0 radical (unpaired) electrons. The molecule has 0 aromatic heterocycles. The van der Waals surface area contributed by atoms with Gasteiger partial charge in [-0.3, -0.25) is 10.1 Å². The third kappa shape index (κ3) is 6.01. The van der Waals surface area contributed by atoms with Crippen LogP contribution in [0.5, 0.6) is 0 Å². The van der Waals surface area contributed by atoms with Crippen LogP contribution >= 0.6 is 0 Å². The lowest BCUT2D eigenvalue weighted by atomic mass is 10.0. The highest BCUT2D eigenvalue weighted by atomic mass is 16.6. The van der Waals surface area contributed by atoms with Gasteiger partial charge in [-0.2, -0.15) is 0 Å². The Kier molecular flexibility index (Phi) is 6.36. The van der Waals surface area contributed by atoms with E-state index in [4.69, 9.17) is 4.74 Å². The normalized spacial score (nSPS) is 17.2. The van der Waals surface area contributed by atoms with E-state index in [2.05, 4.69) is 5.32 Å². The topological polar surface area (TPSA) is 84.7 Å². The highest BCUT2D eigenvalue weighted by Gasteiger charge is 2.28. The Morgan fingerprint density at radius 3 is 2.44 bits per heavy atom. The molecule has 1 aliphatic rings. The lowest BCUT2D eigenvalue weighted by Gasteiger charge is -2.34. The van der Waals surface area contributed by atoms with E-state index >= 15 is 0 Å². The summed E-state index contributed by atoms with van der Waals surface area (Å²) in [6, 6.07) is 8.44. The number of hydrogen-bond acceptors (Lipinski definition) is 5. The van der Waals surface area contributed by atoms with Gasteiger partial charge in [0.25, 0.3) is 0 Å². The summed E-state index contributed by atoms with van der Waals surface area (Å²) in [4.78, 5) is 24.8. The molecule has 0 saturated carbocycles. The van der Waals surface area contributed by atoms with Crippen molar-refractivity contribution in [2.24, 2.45) is 0 Å². The first-order valence-electron chi connectivity index (χ1n) is 8.66. The van der Waals surface area contributed by atoms with Gasteiger partial charge < -0.3 is 15.0 Å². The standard InChI is InChI=1S/C18H27N3O4/c1-18(2,3)25-17(22)20-11-9-15(10-12-20)19-13-16(21(23)24)14-7-5-4-6-8-14/h4-8,15-16,19H,9-13H2,1-3H3. The predicted molar refractivity (Wildman–Crippen MR) is 95.0 cm³/mol. The molecule has 7 nitrogen and oxygen atoms in total. The molecule has 7 heteroatoms. The molecular formula is C18H27N3O4. The molecule has 1 aromatic carbocycles. The lowest BCUT2D eigenvalue weighted by Crippen LogP contribution is -2.47. The minimum Gasteiger partial charge on any atom is -0.444 e. The zero-order chi connectivity index (χ0) is 18.4. The number of piperidine rings is 1. The van der Waals surface area contributed by atoms with Crippen molar-refractivity contribution in [1.29, 1.82) is 0 Å². The maximum absolute atomic E-state index is 12.1. The quantitative estimate of drug-likeness (QED) is 0.652. The zero-order valence-corrected chi connectivity index (χ0v) is 15.1. The number of carbonyl (C=O) groups excluding carboxylic acids is 1. The molecule has 1 heterocycles. The van der Waals surface area contributed by atoms with Crippen molar-refractivity contribution in [2.75, 3.05) is 19.6 Å². The van der Waals surface area contributed by atoms with Gasteiger partial charge >= 0.3 is 6.09 Å². The lowest BCUT2D eigenvalue weighted by molar-refractivity contribution is -0.527. The number of benzene rings is 1. The van der Waals surface area contributed by atoms with Crippen LogP contribution in [0.15, 0.2) is 30.3 Å². The van der Waals surface area contributed by atoms with E-state index in [1.165, 1.54) is 0 Å². The van der Waals surface area contributed by atoms with Crippen LogP contribution < -0.4 is 5.32 Å². The van der Waals surface area contributed by atoms with E-state index in [1.54, 1.807) is 17.0 Å². The molecule has 1 amide bonds. The maximum Gasteiger partial charge on any atom is 0.410 e. The van der Waals surface area contributed by atoms with Crippen molar-refractivity contribution in [1.82, 2.24) is 10.2 Å². The Balaban J connectivity index is 1.81. The summed E-state index contributed by atoms with van der Waals surface area (Å²) in [5.74, 6) is 0. The molecule has 0 spiro atoms. The van der Waals surface area contributed by atoms with Crippen LogP contribution in [0.2, 0.25) is 0 Å². The van der Waals surface area contributed by atoms with Gasteiger partial charge in [-0.25, -0.2) is 4.79 Å².